The molecular formula is C16H20FNO4. The first-order valence-corrected chi connectivity index (χ1v) is 7.36. The van der Waals surface area contributed by atoms with Crippen LogP contribution in [0.25, 0.3) is 0 Å². The highest BCUT2D eigenvalue weighted by Crippen LogP contribution is 2.24. The molecule has 1 aliphatic rings. The fourth-order valence-corrected chi connectivity index (χ4v) is 2.78. The standard InChI is InChI=1S/C16H20FNO4/c1-22-12-5-6-13(14(17)9-12)16(21)18-8-2-3-11(10-18)4-7-15(19)20/h5-6,9,11H,2-4,7-8,10H2,1H3,(H,19,20). The van der Waals surface area contributed by atoms with Crippen LogP contribution >= 0.6 is 0 Å². The summed E-state index contributed by atoms with van der Waals surface area (Å²) in [5.74, 6) is -1.25. The Morgan fingerprint density at radius 2 is 2.23 bits per heavy atom. The van der Waals surface area contributed by atoms with Crippen LogP contribution in [0.2, 0.25) is 0 Å². The third kappa shape index (κ3) is 3.96. The largest absolute Gasteiger partial charge is 0.497 e. The molecule has 1 fully saturated rings. The maximum atomic E-state index is 14.0. The molecule has 0 bridgehead atoms. The number of piperidine rings is 1. The van der Waals surface area contributed by atoms with Gasteiger partial charge in [-0.1, -0.05) is 0 Å². The van der Waals surface area contributed by atoms with Crippen molar-refractivity contribution in [2.24, 2.45) is 5.92 Å². The third-order valence-corrected chi connectivity index (χ3v) is 3.98. The number of nitrogens with zero attached hydrogens (tertiary/aromatic N) is 1. The van der Waals surface area contributed by atoms with Gasteiger partial charge in [-0.15, -0.1) is 0 Å². The maximum Gasteiger partial charge on any atom is 0.303 e. The van der Waals surface area contributed by atoms with E-state index in [0.29, 0.717) is 25.3 Å². The van der Waals surface area contributed by atoms with Crippen molar-refractivity contribution in [1.29, 1.82) is 0 Å². The number of methoxy groups -OCH3 is 1. The van der Waals surface area contributed by atoms with Crippen LogP contribution in [0.1, 0.15) is 36.0 Å². The Morgan fingerprint density at radius 3 is 2.86 bits per heavy atom. The molecule has 1 aliphatic heterocycles. The Kier molecular flexibility index (Phi) is 5.35. The lowest BCUT2D eigenvalue weighted by Crippen LogP contribution is -2.40. The fraction of sp³-hybridized carbons (Fsp3) is 0.500. The predicted octanol–water partition coefficient (Wildman–Crippen LogP) is 2.55. The molecular weight excluding hydrogens is 289 g/mol. The van der Waals surface area contributed by atoms with Crippen molar-refractivity contribution in [2.45, 2.75) is 25.7 Å². The minimum atomic E-state index is -0.829. The number of likely N-dealkylation sites (tertiary alicyclic amines) is 1. The minimum Gasteiger partial charge on any atom is -0.497 e. The third-order valence-electron chi connectivity index (χ3n) is 3.98. The van der Waals surface area contributed by atoms with Crippen LogP contribution in [0, 0.1) is 11.7 Å². The summed E-state index contributed by atoms with van der Waals surface area (Å²) in [6.45, 7) is 1.06. The number of hydrogen-bond acceptors (Lipinski definition) is 3. The number of halogens is 1. The van der Waals surface area contributed by atoms with Crippen molar-refractivity contribution >= 4 is 11.9 Å². The maximum absolute atomic E-state index is 14.0. The predicted molar refractivity (Wildman–Crippen MR) is 78.4 cm³/mol. The molecule has 0 radical (unpaired) electrons. The second-order valence-electron chi connectivity index (χ2n) is 5.54. The van der Waals surface area contributed by atoms with E-state index in [9.17, 15) is 14.0 Å². The average molecular weight is 309 g/mol. The van der Waals surface area contributed by atoms with E-state index >= 15 is 0 Å². The van der Waals surface area contributed by atoms with Gasteiger partial charge in [-0.25, -0.2) is 4.39 Å². The van der Waals surface area contributed by atoms with Crippen LogP contribution in [0.15, 0.2) is 18.2 Å². The van der Waals surface area contributed by atoms with Crippen LogP contribution in [-0.4, -0.2) is 42.1 Å². The Balaban J connectivity index is 2.04. The lowest BCUT2D eigenvalue weighted by atomic mass is 9.93. The molecule has 2 rings (SSSR count). The summed E-state index contributed by atoms with van der Waals surface area (Å²) in [4.78, 5) is 24.7. The first-order valence-electron chi connectivity index (χ1n) is 7.36. The van der Waals surface area contributed by atoms with E-state index < -0.39 is 11.8 Å². The molecule has 0 aromatic heterocycles. The number of carboxylic acid groups (broad SMARTS) is 1. The molecule has 5 nitrogen and oxygen atoms in total. The summed E-state index contributed by atoms with van der Waals surface area (Å²) < 4.78 is 18.9. The zero-order chi connectivity index (χ0) is 16.1. The zero-order valence-corrected chi connectivity index (χ0v) is 12.5. The number of rotatable bonds is 5. The van der Waals surface area contributed by atoms with Gasteiger partial charge in [0.2, 0.25) is 0 Å². The van der Waals surface area contributed by atoms with E-state index in [2.05, 4.69) is 0 Å². The van der Waals surface area contributed by atoms with Gasteiger partial charge in [0.1, 0.15) is 11.6 Å². The van der Waals surface area contributed by atoms with Gasteiger partial charge >= 0.3 is 5.97 Å². The van der Waals surface area contributed by atoms with E-state index in [1.54, 1.807) is 11.0 Å². The van der Waals surface area contributed by atoms with Gasteiger partial charge < -0.3 is 14.7 Å². The van der Waals surface area contributed by atoms with E-state index in [-0.39, 0.29) is 23.8 Å². The Labute approximate surface area is 128 Å². The van der Waals surface area contributed by atoms with E-state index in [1.807, 2.05) is 0 Å². The van der Waals surface area contributed by atoms with Gasteiger partial charge in [0.25, 0.3) is 5.91 Å². The van der Waals surface area contributed by atoms with E-state index in [4.69, 9.17) is 9.84 Å². The van der Waals surface area contributed by atoms with Crippen LogP contribution in [-0.2, 0) is 4.79 Å². The number of carbonyl (C=O) groups excluding carboxylic acids is 1. The molecule has 1 N–H and O–H groups in total. The molecule has 1 saturated heterocycles. The fourth-order valence-electron chi connectivity index (χ4n) is 2.78. The van der Waals surface area contributed by atoms with Crippen LogP contribution < -0.4 is 4.74 Å². The Morgan fingerprint density at radius 1 is 1.45 bits per heavy atom. The first kappa shape index (κ1) is 16.3. The number of carbonyl (C=O) groups is 2. The molecule has 1 heterocycles. The smallest absolute Gasteiger partial charge is 0.303 e. The molecule has 0 saturated carbocycles. The highest BCUT2D eigenvalue weighted by Gasteiger charge is 2.26. The molecule has 1 aromatic rings. The number of carboxylic acids is 1. The summed E-state index contributed by atoms with van der Waals surface area (Å²) in [7, 11) is 1.44. The average Bonchev–Trinajstić information content (AvgIpc) is 2.52. The van der Waals surface area contributed by atoms with Gasteiger partial charge in [-0.3, -0.25) is 9.59 Å². The van der Waals surface area contributed by atoms with Gasteiger partial charge in [-0.2, -0.15) is 0 Å². The molecule has 0 spiro atoms. The van der Waals surface area contributed by atoms with Crippen molar-refractivity contribution in [1.82, 2.24) is 4.90 Å². The monoisotopic (exact) mass is 309 g/mol. The number of hydrogen-bond donors (Lipinski definition) is 1. The number of amides is 1. The molecule has 22 heavy (non-hydrogen) atoms. The summed E-state index contributed by atoms with van der Waals surface area (Å²) in [6.07, 6.45) is 2.36. The SMILES string of the molecule is COc1ccc(C(=O)N2CCCC(CCC(=O)O)C2)c(F)c1. The second-order valence-corrected chi connectivity index (χ2v) is 5.54. The topological polar surface area (TPSA) is 66.8 Å². The molecule has 1 atom stereocenters. The summed E-state index contributed by atoms with van der Waals surface area (Å²) in [5.41, 5.74) is 0.0275. The van der Waals surface area contributed by atoms with Crippen molar-refractivity contribution < 1.29 is 23.8 Å². The van der Waals surface area contributed by atoms with Gasteiger partial charge in [0.05, 0.1) is 12.7 Å². The number of ether oxygens (including phenoxy) is 1. The highest BCUT2D eigenvalue weighted by atomic mass is 19.1. The first-order chi connectivity index (χ1) is 10.5. The van der Waals surface area contributed by atoms with Crippen molar-refractivity contribution in [3.8, 4) is 5.75 Å². The molecule has 1 amide bonds. The molecule has 0 aliphatic carbocycles. The second kappa shape index (κ2) is 7.24. The van der Waals surface area contributed by atoms with Crippen molar-refractivity contribution in [3.63, 3.8) is 0 Å². The highest BCUT2D eigenvalue weighted by molar-refractivity contribution is 5.94. The van der Waals surface area contributed by atoms with Crippen LogP contribution in [0.4, 0.5) is 4.39 Å². The quantitative estimate of drug-likeness (QED) is 0.907. The normalized spacial score (nSPS) is 18.1. The summed E-state index contributed by atoms with van der Waals surface area (Å²) in [5, 5.41) is 8.74. The lowest BCUT2D eigenvalue weighted by molar-refractivity contribution is -0.137. The molecule has 1 aromatic carbocycles. The van der Waals surface area contributed by atoms with Gasteiger partial charge in [0.15, 0.2) is 0 Å². The molecule has 1 unspecified atom stereocenters. The van der Waals surface area contributed by atoms with Crippen molar-refractivity contribution in [3.05, 3.63) is 29.6 Å². The number of aliphatic carboxylic acids is 1. The van der Waals surface area contributed by atoms with Crippen molar-refractivity contribution in [2.75, 3.05) is 20.2 Å². The molecule has 6 heteroatoms. The minimum absolute atomic E-state index is 0.0275. The van der Waals surface area contributed by atoms with E-state index in [0.717, 1.165) is 12.8 Å². The lowest BCUT2D eigenvalue weighted by Gasteiger charge is -2.32. The number of benzene rings is 1. The van der Waals surface area contributed by atoms with Crippen LogP contribution in [0.3, 0.4) is 0 Å². The van der Waals surface area contributed by atoms with Gasteiger partial charge in [0, 0.05) is 25.6 Å². The van der Waals surface area contributed by atoms with Crippen LogP contribution in [0.5, 0.6) is 5.75 Å². The summed E-state index contributed by atoms with van der Waals surface area (Å²) >= 11 is 0. The molecule has 120 valence electrons. The Bertz CT molecular complexity index is 561. The van der Waals surface area contributed by atoms with E-state index in [1.165, 1.54) is 19.2 Å². The zero-order valence-electron chi connectivity index (χ0n) is 12.5. The van der Waals surface area contributed by atoms with Gasteiger partial charge in [-0.05, 0) is 37.3 Å². The summed E-state index contributed by atoms with van der Waals surface area (Å²) in [6, 6.07) is 4.18. The Hall–Kier alpha value is -2.11.